The first-order valence-electron chi connectivity index (χ1n) is 5.71. The van der Waals surface area contributed by atoms with Gasteiger partial charge in [-0.3, -0.25) is 0 Å². The van der Waals surface area contributed by atoms with Gasteiger partial charge in [-0.15, -0.1) is 0 Å². The highest BCUT2D eigenvalue weighted by molar-refractivity contribution is 7.85. The van der Waals surface area contributed by atoms with Crippen molar-refractivity contribution in [3.63, 3.8) is 0 Å². The molecule has 0 aliphatic heterocycles. The zero-order chi connectivity index (χ0) is 19.1. The fourth-order valence-corrected chi connectivity index (χ4v) is 1.98. The molecule has 0 N–H and O–H groups in total. The topological polar surface area (TPSA) is 83.5 Å². The highest BCUT2D eigenvalue weighted by Crippen LogP contribution is 2.45. The van der Waals surface area contributed by atoms with E-state index in [1.54, 1.807) is 0 Å². The molecule has 134 valence electrons. The zero-order valence-electron chi connectivity index (χ0n) is 11.6. The minimum Gasteiger partial charge on any atom is -0.744 e. The Bertz CT molecular complexity index is 756. The fourth-order valence-electron chi connectivity index (χ4n) is 1.46. The van der Waals surface area contributed by atoms with Crippen LogP contribution in [0.1, 0.15) is 18.1 Å². The number of carbonyl (C=O) groups is 1. The molecule has 5 nitrogen and oxygen atoms in total. The molecule has 12 heteroatoms. The van der Waals surface area contributed by atoms with Gasteiger partial charge in [0.2, 0.25) is 0 Å². The molecule has 24 heavy (non-hydrogen) atoms. The lowest BCUT2D eigenvalue weighted by molar-refractivity contribution is -0.148. The van der Waals surface area contributed by atoms with Gasteiger partial charge in [0.15, 0.2) is 5.75 Å². The number of hydrogen-bond donors (Lipinski definition) is 0. The fraction of sp³-hybridized carbons (Fsp3) is 0.250. The Labute approximate surface area is 131 Å². The SMILES string of the molecule is C=C(C)C(=O)Oc1c(C(F)(F)F)cc(S(=O)(=O)[O-])cc1C(F)(F)F. The third-order valence-electron chi connectivity index (χ3n) is 2.51. The van der Waals surface area contributed by atoms with Gasteiger partial charge in [0.05, 0.1) is 4.90 Å². The normalized spacial score (nSPS) is 12.8. The lowest BCUT2D eigenvalue weighted by atomic mass is 10.1. The van der Waals surface area contributed by atoms with Crippen molar-refractivity contribution < 1.29 is 48.8 Å². The number of hydrogen-bond acceptors (Lipinski definition) is 5. The number of benzene rings is 1. The Morgan fingerprint density at radius 1 is 1.08 bits per heavy atom. The van der Waals surface area contributed by atoms with E-state index in [0.29, 0.717) is 0 Å². The molecule has 0 saturated carbocycles. The maximum absolute atomic E-state index is 13.0. The summed E-state index contributed by atoms with van der Waals surface area (Å²) in [6, 6.07) is -0.669. The van der Waals surface area contributed by atoms with Gasteiger partial charge in [-0.25, -0.2) is 13.2 Å². The molecule has 0 amide bonds. The number of carbonyl (C=O) groups excluding carboxylic acids is 1. The van der Waals surface area contributed by atoms with Crippen molar-refractivity contribution in [1.29, 1.82) is 0 Å². The Morgan fingerprint density at radius 3 is 1.71 bits per heavy atom. The molecule has 0 spiro atoms. The molecule has 0 aliphatic rings. The Hall–Kier alpha value is -2.08. The first-order valence-corrected chi connectivity index (χ1v) is 7.12. The van der Waals surface area contributed by atoms with E-state index in [1.165, 1.54) is 0 Å². The molecule has 1 aromatic carbocycles. The van der Waals surface area contributed by atoms with E-state index in [2.05, 4.69) is 11.3 Å². The molecule has 0 aliphatic carbocycles. The van der Waals surface area contributed by atoms with Crippen molar-refractivity contribution in [2.24, 2.45) is 0 Å². The Balaban J connectivity index is 3.88. The predicted molar refractivity (Wildman–Crippen MR) is 64.9 cm³/mol. The van der Waals surface area contributed by atoms with E-state index < -0.39 is 55.8 Å². The molecule has 0 atom stereocenters. The molecular weight excluding hydrogens is 370 g/mol. The van der Waals surface area contributed by atoms with E-state index in [-0.39, 0.29) is 12.1 Å². The van der Waals surface area contributed by atoms with Gasteiger partial charge in [0.1, 0.15) is 21.2 Å². The van der Waals surface area contributed by atoms with Gasteiger partial charge in [0.25, 0.3) is 0 Å². The summed E-state index contributed by atoms with van der Waals surface area (Å²) in [5.41, 5.74) is -4.97. The zero-order valence-corrected chi connectivity index (χ0v) is 12.4. The van der Waals surface area contributed by atoms with Crippen LogP contribution in [0.25, 0.3) is 0 Å². The molecule has 0 saturated heterocycles. The lowest BCUT2D eigenvalue weighted by Crippen LogP contribution is -2.20. The van der Waals surface area contributed by atoms with Crippen molar-refractivity contribution in [2.75, 3.05) is 0 Å². The van der Waals surface area contributed by atoms with Crippen LogP contribution < -0.4 is 4.74 Å². The van der Waals surface area contributed by atoms with Crippen LogP contribution in [0, 0.1) is 0 Å². The first kappa shape index (κ1) is 20.0. The predicted octanol–water partition coefficient (Wildman–Crippen LogP) is 3.11. The summed E-state index contributed by atoms with van der Waals surface area (Å²) in [5.74, 6) is -3.56. The quantitative estimate of drug-likeness (QED) is 0.266. The summed E-state index contributed by atoms with van der Waals surface area (Å²) in [7, 11) is -5.64. The molecule has 0 aromatic heterocycles. The summed E-state index contributed by atoms with van der Waals surface area (Å²) in [6.45, 7) is 3.98. The average Bonchev–Trinajstić information content (AvgIpc) is 2.34. The number of ether oxygens (including phenoxy) is 1. The van der Waals surface area contributed by atoms with Crippen molar-refractivity contribution in [3.05, 3.63) is 35.4 Å². The number of alkyl halides is 6. The van der Waals surface area contributed by atoms with E-state index in [9.17, 15) is 44.1 Å². The van der Waals surface area contributed by atoms with Crippen LogP contribution in [0.5, 0.6) is 5.75 Å². The summed E-state index contributed by atoms with van der Waals surface area (Å²) in [5, 5.41) is 0. The van der Waals surface area contributed by atoms with E-state index in [0.717, 1.165) is 6.92 Å². The maximum atomic E-state index is 13.0. The molecule has 0 heterocycles. The molecule has 1 aromatic rings. The minimum absolute atomic E-state index is 0.335. The summed E-state index contributed by atoms with van der Waals surface area (Å²) >= 11 is 0. The van der Waals surface area contributed by atoms with Crippen molar-refractivity contribution in [2.45, 2.75) is 24.2 Å². The molecule has 0 unspecified atom stereocenters. The van der Waals surface area contributed by atoms with Gasteiger partial charge in [-0.05, 0) is 19.1 Å². The van der Waals surface area contributed by atoms with Gasteiger partial charge in [-0.1, -0.05) is 6.58 Å². The highest BCUT2D eigenvalue weighted by Gasteiger charge is 2.44. The average molecular weight is 377 g/mol. The van der Waals surface area contributed by atoms with Gasteiger partial charge >= 0.3 is 18.3 Å². The Kier molecular flexibility index (Phi) is 5.07. The van der Waals surface area contributed by atoms with Crippen LogP contribution in [-0.4, -0.2) is 18.9 Å². The second-order valence-corrected chi connectivity index (χ2v) is 5.85. The van der Waals surface area contributed by atoms with Crippen LogP contribution in [0.15, 0.2) is 29.2 Å². The van der Waals surface area contributed by atoms with Gasteiger partial charge in [0, 0.05) is 5.57 Å². The van der Waals surface area contributed by atoms with E-state index in [4.69, 9.17) is 0 Å². The van der Waals surface area contributed by atoms with Crippen molar-refractivity contribution >= 4 is 16.1 Å². The standard InChI is InChI=1S/C12H8F6O5S/c1-5(2)10(19)23-9-7(11(13,14)15)3-6(24(20,21)22)4-8(9)12(16,17)18/h3-4H,1H2,2H3,(H,20,21,22)/p-1. The van der Waals surface area contributed by atoms with Crippen LogP contribution in [0.2, 0.25) is 0 Å². The van der Waals surface area contributed by atoms with Crippen LogP contribution in [0.3, 0.4) is 0 Å². The van der Waals surface area contributed by atoms with Crippen LogP contribution in [0.4, 0.5) is 26.3 Å². The molecule has 0 bridgehead atoms. The minimum atomic E-state index is -5.64. The number of halogens is 6. The maximum Gasteiger partial charge on any atom is 0.420 e. The van der Waals surface area contributed by atoms with Gasteiger partial charge < -0.3 is 9.29 Å². The van der Waals surface area contributed by atoms with Gasteiger partial charge in [-0.2, -0.15) is 26.3 Å². The van der Waals surface area contributed by atoms with Crippen molar-refractivity contribution in [1.82, 2.24) is 0 Å². The second kappa shape index (κ2) is 6.09. The third-order valence-corrected chi connectivity index (χ3v) is 3.32. The number of rotatable bonds is 3. The molecular formula is C12H7F6O5S-. The lowest BCUT2D eigenvalue weighted by Gasteiger charge is -2.20. The van der Waals surface area contributed by atoms with Crippen molar-refractivity contribution in [3.8, 4) is 5.75 Å². The van der Waals surface area contributed by atoms with Crippen LogP contribution >= 0.6 is 0 Å². The Morgan fingerprint density at radius 2 is 1.46 bits per heavy atom. The smallest absolute Gasteiger partial charge is 0.420 e. The number of esters is 1. The molecule has 1 rings (SSSR count). The largest absolute Gasteiger partial charge is 0.744 e. The highest BCUT2D eigenvalue weighted by atomic mass is 32.2. The monoisotopic (exact) mass is 377 g/mol. The summed E-state index contributed by atoms with van der Waals surface area (Å²) < 4.78 is 114. The second-order valence-electron chi connectivity index (χ2n) is 4.47. The molecule has 0 fully saturated rings. The first-order chi connectivity index (χ1) is 10.5. The third kappa shape index (κ3) is 4.47. The summed E-state index contributed by atoms with van der Waals surface area (Å²) in [6.07, 6.45) is -11.1. The van der Waals surface area contributed by atoms with Crippen LogP contribution in [-0.2, 0) is 27.3 Å². The summed E-state index contributed by atoms with van der Waals surface area (Å²) in [4.78, 5) is 9.55. The van der Waals surface area contributed by atoms with E-state index >= 15 is 0 Å². The van der Waals surface area contributed by atoms with E-state index in [1.807, 2.05) is 0 Å². The molecule has 0 radical (unpaired) electrons.